The standard InChI is InChI=1S/C16H26ClN3O2/c17-15-3-1-14(2-4-15)16(20(9-11-21)10-12-22)13-19-7-5-18-6-8-19/h1-4,16,18,21-22H,5-13H2. The molecule has 1 heterocycles. The van der Waals surface area contributed by atoms with Crippen molar-refractivity contribution in [3.05, 3.63) is 34.9 Å². The molecule has 1 aliphatic rings. The van der Waals surface area contributed by atoms with Crippen LogP contribution in [0.3, 0.4) is 0 Å². The maximum absolute atomic E-state index is 9.34. The Hall–Kier alpha value is -0.690. The fraction of sp³-hybridized carbons (Fsp3) is 0.625. The van der Waals surface area contributed by atoms with Crippen molar-refractivity contribution in [2.24, 2.45) is 0 Å². The number of hydrogen-bond donors (Lipinski definition) is 3. The van der Waals surface area contributed by atoms with E-state index in [0.29, 0.717) is 13.1 Å². The monoisotopic (exact) mass is 327 g/mol. The molecular formula is C16H26ClN3O2. The minimum Gasteiger partial charge on any atom is -0.395 e. The molecule has 0 amide bonds. The van der Waals surface area contributed by atoms with Gasteiger partial charge in [0.15, 0.2) is 0 Å². The van der Waals surface area contributed by atoms with E-state index in [1.165, 1.54) is 5.56 Å². The number of aliphatic hydroxyl groups excluding tert-OH is 2. The van der Waals surface area contributed by atoms with Crippen LogP contribution in [0.4, 0.5) is 0 Å². The molecule has 1 unspecified atom stereocenters. The van der Waals surface area contributed by atoms with Crippen molar-refractivity contribution in [1.29, 1.82) is 0 Å². The first-order valence-corrected chi connectivity index (χ1v) is 8.26. The van der Waals surface area contributed by atoms with E-state index in [0.717, 1.165) is 37.7 Å². The normalized spacial score (nSPS) is 17.8. The largest absolute Gasteiger partial charge is 0.395 e. The van der Waals surface area contributed by atoms with E-state index < -0.39 is 0 Å². The smallest absolute Gasteiger partial charge is 0.0558 e. The molecule has 0 aromatic heterocycles. The molecule has 124 valence electrons. The molecule has 2 rings (SSSR count). The highest BCUT2D eigenvalue weighted by molar-refractivity contribution is 6.30. The topological polar surface area (TPSA) is 59.0 Å². The predicted molar refractivity (Wildman–Crippen MR) is 89.2 cm³/mol. The van der Waals surface area contributed by atoms with Gasteiger partial charge in [0.2, 0.25) is 0 Å². The number of nitrogens with zero attached hydrogens (tertiary/aromatic N) is 2. The Kier molecular flexibility index (Phi) is 7.59. The third-order valence-electron chi connectivity index (χ3n) is 4.11. The molecule has 0 bridgehead atoms. The Bertz CT molecular complexity index is 418. The summed E-state index contributed by atoms with van der Waals surface area (Å²) in [6, 6.07) is 8.03. The van der Waals surface area contributed by atoms with Gasteiger partial charge < -0.3 is 15.5 Å². The zero-order chi connectivity index (χ0) is 15.8. The van der Waals surface area contributed by atoms with Crippen LogP contribution in [0.5, 0.6) is 0 Å². The van der Waals surface area contributed by atoms with Gasteiger partial charge >= 0.3 is 0 Å². The van der Waals surface area contributed by atoms with Crippen LogP contribution in [0, 0.1) is 0 Å². The molecule has 0 spiro atoms. The second-order valence-corrected chi connectivity index (χ2v) is 6.04. The van der Waals surface area contributed by atoms with Crippen LogP contribution in [0.1, 0.15) is 11.6 Å². The summed E-state index contributed by atoms with van der Waals surface area (Å²) < 4.78 is 0. The first kappa shape index (κ1) is 17.7. The van der Waals surface area contributed by atoms with Crippen LogP contribution in [0.2, 0.25) is 5.02 Å². The number of hydrogen-bond acceptors (Lipinski definition) is 5. The molecule has 0 radical (unpaired) electrons. The lowest BCUT2D eigenvalue weighted by Crippen LogP contribution is -2.48. The molecule has 0 aliphatic carbocycles. The van der Waals surface area contributed by atoms with E-state index in [4.69, 9.17) is 11.6 Å². The molecule has 1 aliphatic heterocycles. The average Bonchev–Trinajstić information content (AvgIpc) is 2.54. The average molecular weight is 328 g/mol. The van der Waals surface area contributed by atoms with Gasteiger partial charge in [-0.3, -0.25) is 9.80 Å². The van der Waals surface area contributed by atoms with Crippen molar-refractivity contribution in [1.82, 2.24) is 15.1 Å². The lowest BCUT2D eigenvalue weighted by molar-refractivity contribution is 0.0904. The maximum atomic E-state index is 9.34. The zero-order valence-electron chi connectivity index (χ0n) is 12.9. The second-order valence-electron chi connectivity index (χ2n) is 5.60. The lowest BCUT2D eigenvalue weighted by Gasteiger charge is -2.37. The molecular weight excluding hydrogens is 302 g/mol. The summed E-state index contributed by atoms with van der Waals surface area (Å²) >= 11 is 6.00. The summed E-state index contributed by atoms with van der Waals surface area (Å²) in [6.45, 7) is 6.24. The number of halogens is 1. The fourth-order valence-electron chi connectivity index (χ4n) is 2.94. The molecule has 0 saturated carbocycles. The molecule has 5 nitrogen and oxygen atoms in total. The number of benzene rings is 1. The van der Waals surface area contributed by atoms with Crippen molar-refractivity contribution in [2.45, 2.75) is 6.04 Å². The zero-order valence-corrected chi connectivity index (χ0v) is 13.7. The maximum Gasteiger partial charge on any atom is 0.0558 e. The van der Waals surface area contributed by atoms with Crippen LogP contribution in [0.25, 0.3) is 0 Å². The Labute approximate surface area is 137 Å². The Morgan fingerprint density at radius 2 is 1.68 bits per heavy atom. The minimum atomic E-state index is 0.0889. The Balaban J connectivity index is 2.15. The van der Waals surface area contributed by atoms with Gasteiger partial charge in [-0.2, -0.15) is 0 Å². The molecule has 1 saturated heterocycles. The van der Waals surface area contributed by atoms with Crippen LogP contribution >= 0.6 is 11.6 Å². The molecule has 1 fully saturated rings. The molecule has 6 heteroatoms. The highest BCUT2D eigenvalue weighted by atomic mass is 35.5. The third kappa shape index (κ3) is 5.19. The van der Waals surface area contributed by atoms with Crippen molar-refractivity contribution >= 4 is 11.6 Å². The van der Waals surface area contributed by atoms with E-state index in [1.807, 2.05) is 24.3 Å². The van der Waals surface area contributed by atoms with Gasteiger partial charge in [0.05, 0.1) is 13.2 Å². The lowest BCUT2D eigenvalue weighted by atomic mass is 10.0. The van der Waals surface area contributed by atoms with Crippen molar-refractivity contribution in [3.8, 4) is 0 Å². The van der Waals surface area contributed by atoms with E-state index in [1.54, 1.807) is 0 Å². The van der Waals surface area contributed by atoms with Gasteiger partial charge in [0.25, 0.3) is 0 Å². The van der Waals surface area contributed by atoms with Crippen LogP contribution in [-0.2, 0) is 0 Å². The third-order valence-corrected chi connectivity index (χ3v) is 4.36. The van der Waals surface area contributed by atoms with Crippen molar-refractivity contribution in [3.63, 3.8) is 0 Å². The Morgan fingerprint density at radius 1 is 1.09 bits per heavy atom. The van der Waals surface area contributed by atoms with Crippen molar-refractivity contribution < 1.29 is 10.2 Å². The highest BCUT2D eigenvalue weighted by Gasteiger charge is 2.23. The summed E-state index contributed by atoms with van der Waals surface area (Å²) in [7, 11) is 0. The SMILES string of the molecule is OCCN(CCO)C(CN1CCNCC1)c1ccc(Cl)cc1. The fourth-order valence-corrected chi connectivity index (χ4v) is 3.06. The summed E-state index contributed by atoms with van der Waals surface area (Å²) in [5.74, 6) is 0. The second kappa shape index (κ2) is 9.45. The number of aliphatic hydroxyl groups is 2. The van der Waals surface area contributed by atoms with E-state index in [2.05, 4.69) is 15.1 Å². The predicted octanol–water partition coefficient (Wildman–Crippen LogP) is 0.573. The number of nitrogens with one attached hydrogen (secondary N) is 1. The summed E-state index contributed by atoms with van der Waals surface area (Å²) in [6.07, 6.45) is 0. The Morgan fingerprint density at radius 3 is 2.23 bits per heavy atom. The van der Waals surface area contributed by atoms with Gasteiger partial charge in [-0.25, -0.2) is 0 Å². The summed E-state index contributed by atoms with van der Waals surface area (Å²) in [5.41, 5.74) is 1.17. The molecule has 1 aromatic carbocycles. The van der Waals surface area contributed by atoms with Gasteiger partial charge in [-0.1, -0.05) is 23.7 Å². The summed E-state index contributed by atoms with van der Waals surface area (Å²) in [4.78, 5) is 4.57. The van der Waals surface area contributed by atoms with Gasteiger partial charge in [-0.15, -0.1) is 0 Å². The van der Waals surface area contributed by atoms with Crippen molar-refractivity contribution in [2.75, 3.05) is 59.0 Å². The van der Waals surface area contributed by atoms with Gasteiger partial charge in [-0.05, 0) is 17.7 Å². The first-order chi connectivity index (χ1) is 10.7. The first-order valence-electron chi connectivity index (χ1n) is 7.89. The van der Waals surface area contributed by atoms with Gasteiger partial charge in [0, 0.05) is 56.9 Å². The van der Waals surface area contributed by atoms with E-state index in [-0.39, 0.29) is 19.3 Å². The van der Waals surface area contributed by atoms with E-state index in [9.17, 15) is 10.2 Å². The minimum absolute atomic E-state index is 0.0889. The molecule has 3 N–H and O–H groups in total. The van der Waals surface area contributed by atoms with Crippen LogP contribution in [0.15, 0.2) is 24.3 Å². The van der Waals surface area contributed by atoms with Gasteiger partial charge in [0.1, 0.15) is 0 Å². The number of piperazine rings is 1. The van der Waals surface area contributed by atoms with Crippen LogP contribution in [-0.4, -0.2) is 79.0 Å². The quantitative estimate of drug-likeness (QED) is 0.652. The number of rotatable bonds is 8. The molecule has 1 atom stereocenters. The molecule has 22 heavy (non-hydrogen) atoms. The highest BCUT2D eigenvalue weighted by Crippen LogP contribution is 2.23. The van der Waals surface area contributed by atoms with Crippen LogP contribution < -0.4 is 5.32 Å². The molecule has 1 aromatic rings. The summed E-state index contributed by atoms with van der Waals surface area (Å²) in [5, 5.41) is 22.8. The van der Waals surface area contributed by atoms with E-state index >= 15 is 0 Å².